The fraction of sp³-hybridized carbons (Fsp3) is 0.667. The van der Waals surface area contributed by atoms with Gasteiger partial charge in [-0.3, -0.25) is 0 Å². The van der Waals surface area contributed by atoms with Gasteiger partial charge in [-0.15, -0.1) is 12.8 Å². The molecule has 0 heterocycles. The highest BCUT2D eigenvalue weighted by Gasteiger charge is 1.89. The van der Waals surface area contributed by atoms with Gasteiger partial charge in [-0.05, 0) is 47.7 Å². The molecule has 0 saturated carbocycles. The molecule has 0 saturated heterocycles. The zero-order chi connectivity index (χ0) is 16.3. The van der Waals surface area contributed by atoms with Crippen LogP contribution in [-0.4, -0.2) is 25.5 Å². The van der Waals surface area contributed by atoms with E-state index in [1.165, 1.54) is 24.0 Å². The Hall–Kier alpha value is -1.00. The van der Waals surface area contributed by atoms with Crippen LogP contribution in [0, 0.1) is 12.8 Å². The molecule has 0 rings (SSSR count). The van der Waals surface area contributed by atoms with Crippen molar-refractivity contribution in [3.05, 3.63) is 23.3 Å². The molecule has 0 aromatic heterocycles. The van der Waals surface area contributed by atoms with Gasteiger partial charge in [0.25, 0.3) is 0 Å². The first-order valence-electron chi connectivity index (χ1n) is 7.29. The molecule has 0 spiro atoms. The van der Waals surface area contributed by atoms with Crippen molar-refractivity contribution in [1.82, 2.24) is 4.90 Å². The maximum atomic E-state index is 4.00. The summed E-state index contributed by atoms with van der Waals surface area (Å²) in [6.45, 7) is 15.6. The topological polar surface area (TPSA) is 3.24 Å². The summed E-state index contributed by atoms with van der Waals surface area (Å²) in [5.41, 5.74) is 2.91. The fourth-order valence-corrected chi connectivity index (χ4v) is 1.03. The van der Waals surface area contributed by atoms with Gasteiger partial charge < -0.3 is 4.90 Å². The number of allylic oxidation sites excluding steroid dienone is 3. The Bertz CT molecular complexity index is 215. The van der Waals surface area contributed by atoms with Crippen LogP contribution < -0.4 is 0 Å². The Kier molecular flexibility index (Phi) is 36.0. The van der Waals surface area contributed by atoms with Gasteiger partial charge in [-0.2, -0.15) is 0 Å². The fourth-order valence-electron chi connectivity index (χ4n) is 1.03. The zero-order valence-corrected chi connectivity index (χ0v) is 14.9. The van der Waals surface area contributed by atoms with Gasteiger partial charge in [0.15, 0.2) is 0 Å². The molecule has 1 nitrogen and oxygen atoms in total. The molecule has 0 N–H and O–H groups in total. The summed E-state index contributed by atoms with van der Waals surface area (Å²) < 4.78 is 0. The van der Waals surface area contributed by atoms with E-state index in [1.807, 2.05) is 27.7 Å². The lowest BCUT2D eigenvalue weighted by atomic mass is 10.1. The van der Waals surface area contributed by atoms with Gasteiger partial charge in [0.2, 0.25) is 0 Å². The van der Waals surface area contributed by atoms with E-state index in [-0.39, 0.29) is 0 Å². The standard InChI is InChI=1S/C12H23N.2C2H6.C2H2/c1-11(2)7-6-8-12(3)9-10-13(4)5;3*1-2/h7,9H,6,8,10H2,1-5H3;2*1-2H3;1-2H/b12-9+;;;. The number of hydrogen-bond donors (Lipinski definition) is 0. The van der Waals surface area contributed by atoms with E-state index in [4.69, 9.17) is 0 Å². The van der Waals surface area contributed by atoms with E-state index in [0.717, 1.165) is 6.54 Å². The normalized spacial score (nSPS) is 8.95. The molecule has 0 aliphatic heterocycles. The van der Waals surface area contributed by atoms with Gasteiger partial charge in [-0.1, -0.05) is 51.0 Å². The molecule has 0 aliphatic rings. The van der Waals surface area contributed by atoms with Crippen molar-refractivity contribution in [3.63, 3.8) is 0 Å². The molecule has 114 valence electrons. The van der Waals surface area contributed by atoms with Crippen molar-refractivity contribution in [2.75, 3.05) is 20.6 Å². The molecule has 0 unspecified atom stereocenters. The third kappa shape index (κ3) is 38.2. The minimum atomic E-state index is 1.06. The van der Waals surface area contributed by atoms with Crippen LogP contribution in [0.3, 0.4) is 0 Å². The first-order chi connectivity index (χ1) is 9.02. The van der Waals surface area contributed by atoms with Crippen molar-refractivity contribution in [2.45, 2.75) is 61.3 Å². The van der Waals surface area contributed by atoms with E-state index < -0.39 is 0 Å². The highest BCUT2D eigenvalue weighted by atomic mass is 15.0. The molecular weight excluding hydrogens is 230 g/mol. The molecule has 0 atom stereocenters. The van der Waals surface area contributed by atoms with E-state index in [2.05, 4.69) is 64.8 Å². The monoisotopic (exact) mass is 267 g/mol. The quantitative estimate of drug-likeness (QED) is 0.467. The molecule has 0 radical (unpaired) electrons. The van der Waals surface area contributed by atoms with Gasteiger partial charge in [-0.25, -0.2) is 0 Å². The van der Waals surface area contributed by atoms with E-state index in [9.17, 15) is 0 Å². The third-order valence-electron chi connectivity index (χ3n) is 1.90. The van der Waals surface area contributed by atoms with E-state index in [0.29, 0.717) is 0 Å². The maximum Gasteiger partial charge on any atom is 0.0159 e. The minimum Gasteiger partial charge on any atom is -0.306 e. The average molecular weight is 268 g/mol. The van der Waals surface area contributed by atoms with Crippen LogP contribution in [0.5, 0.6) is 0 Å². The Morgan fingerprint density at radius 2 is 1.32 bits per heavy atom. The second-order valence-corrected chi connectivity index (χ2v) is 4.13. The van der Waals surface area contributed by atoms with Gasteiger partial charge in [0.05, 0.1) is 0 Å². The molecule has 0 aliphatic carbocycles. The molecule has 0 fully saturated rings. The zero-order valence-electron chi connectivity index (χ0n) is 14.9. The predicted molar refractivity (Wildman–Crippen MR) is 93.6 cm³/mol. The molecular formula is C18H37N. The van der Waals surface area contributed by atoms with Crippen molar-refractivity contribution < 1.29 is 0 Å². The number of rotatable bonds is 5. The SMILES string of the molecule is C#C.CC.CC.CC(C)=CCC/C(C)=C/CN(C)C. The number of likely N-dealkylation sites (N-methyl/N-ethyl adjacent to an activating group) is 1. The number of hydrogen-bond acceptors (Lipinski definition) is 1. The van der Waals surface area contributed by atoms with Gasteiger partial charge in [0, 0.05) is 6.54 Å². The molecule has 0 aromatic rings. The number of nitrogens with zero attached hydrogens (tertiary/aromatic N) is 1. The van der Waals surface area contributed by atoms with E-state index in [1.54, 1.807) is 0 Å². The second-order valence-electron chi connectivity index (χ2n) is 4.13. The highest BCUT2D eigenvalue weighted by Crippen LogP contribution is 2.06. The molecule has 19 heavy (non-hydrogen) atoms. The average Bonchev–Trinajstić information content (AvgIpc) is 2.43. The summed E-state index contributed by atoms with van der Waals surface area (Å²) >= 11 is 0. The van der Waals surface area contributed by atoms with Crippen LogP contribution in [0.2, 0.25) is 0 Å². The van der Waals surface area contributed by atoms with Crippen LogP contribution in [0.1, 0.15) is 61.3 Å². The van der Waals surface area contributed by atoms with Crippen LogP contribution >= 0.6 is 0 Å². The summed E-state index contributed by atoms with van der Waals surface area (Å²) in [4.78, 5) is 2.18. The Balaban J connectivity index is -0.000000163. The number of terminal acetylenes is 1. The Labute approximate surface area is 123 Å². The summed E-state index contributed by atoms with van der Waals surface area (Å²) in [6.07, 6.45) is 15.0. The van der Waals surface area contributed by atoms with Gasteiger partial charge in [0.1, 0.15) is 0 Å². The van der Waals surface area contributed by atoms with Gasteiger partial charge >= 0.3 is 0 Å². The van der Waals surface area contributed by atoms with Crippen molar-refractivity contribution in [3.8, 4) is 12.8 Å². The minimum absolute atomic E-state index is 1.06. The summed E-state index contributed by atoms with van der Waals surface area (Å²) in [5, 5.41) is 0. The molecule has 0 aromatic carbocycles. The highest BCUT2D eigenvalue weighted by molar-refractivity contribution is 5.02. The Morgan fingerprint density at radius 3 is 1.63 bits per heavy atom. The summed E-state index contributed by atoms with van der Waals surface area (Å²) in [6, 6.07) is 0. The van der Waals surface area contributed by atoms with Crippen LogP contribution in [0.4, 0.5) is 0 Å². The smallest absolute Gasteiger partial charge is 0.0159 e. The van der Waals surface area contributed by atoms with Crippen LogP contribution in [0.15, 0.2) is 23.3 Å². The second kappa shape index (κ2) is 25.8. The molecule has 0 bridgehead atoms. The summed E-state index contributed by atoms with van der Waals surface area (Å²) in [5.74, 6) is 0. The van der Waals surface area contributed by atoms with E-state index >= 15 is 0 Å². The Morgan fingerprint density at radius 1 is 0.895 bits per heavy atom. The molecule has 0 amide bonds. The lowest BCUT2D eigenvalue weighted by Crippen LogP contribution is -2.10. The van der Waals surface area contributed by atoms with Crippen molar-refractivity contribution in [1.29, 1.82) is 0 Å². The third-order valence-corrected chi connectivity index (χ3v) is 1.90. The molecule has 1 heteroatoms. The van der Waals surface area contributed by atoms with Crippen molar-refractivity contribution in [2.24, 2.45) is 0 Å². The lowest BCUT2D eigenvalue weighted by molar-refractivity contribution is 0.455. The first-order valence-corrected chi connectivity index (χ1v) is 7.29. The van der Waals surface area contributed by atoms with Crippen LogP contribution in [0.25, 0.3) is 0 Å². The summed E-state index contributed by atoms with van der Waals surface area (Å²) in [7, 11) is 4.19. The lowest BCUT2D eigenvalue weighted by Gasteiger charge is -2.06. The first kappa shape index (κ1) is 26.5. The maximum absolute atomic E-state index is 4.00. The van der Waals surface area contributed by atoms with Crippen molar-refractivity contribution >= 4 is 0 Å². The predicted octanol–water partition coefficient (Wildman–Crippen LogP) is 5.54. The largest absolute Gasteiger partial charge is 0.306 e. The van der Waals surface area contributed by atoms with Crippen LogP contribution in [-0.2, 0) is 0 Å².